The maximum absolute atomic E-state index is 12.2. The van der Waals surface area contributed by atoms with E-state index in [2.05, 4.69) is 5.32 Å². The molecular formula is C10H18ClF3N2O. The lowest BCUT2D eigenvalue weighted by molar-refractivity contribution is -0.163. The molecule has 102 valence electrons. The predicted octanol–water partition coefficient (Wildman–Crippen LogP) is 1.82. The molecule has 0 aliphatic carbocycles. The molecule has 3 nitrogen and oxygen atoms in total. The summed E-state index contributed by atoms with van der Waals surface area (Å²) in [7, 11) is 0. The number of alkyl halides is 3. The van der Waals surface area contributed by atoms with Crippen LogP contribution in [-0.4, -0.2) is 43.2 Å². The van der Waals surface area contributed by atoms with Crippen LogP contribution in [0.1, 0.15) is 19.8 Å². The molecule has 1 N–H and O–H groups in total. The largest absolute Gasteiger partial charge is 0.406 e. The van der Waals surface area contributed by atoms with Crippen LogP contribution < -0.4 is 5.32 Å². The summed E-state index contributed by atoms with van der Waals surface area (Å²) in [6.07, 6.45) is -2.78. The highest BCUT2D eigenvalue weighted by atomic mass is 35.5. The fourth-order valence-electron chi connectivity index (χ4n) is 1.88. The van der Waals surface area contributed by atoms with Crippen molar-refractivity contribution < 1.29 is 18.0 Å². The third-order valence-electron chi connectivity index (χ3n) is 2.71. The lowest BCUT2D eigenvalue weighted by Gasteiger charge is -2.29. The molecule has 0 spiro atoms. The maximum Gasteiger partial charge on any atom is 0.406 e. The standard InChI is InChI=1S/C10H17F3N2O.ClH/c1-2-15(7-10(11,12)13)9(16)8-4-3-5-14-6-8;/h8,14H,2-7H2,1H3;1H. The van der Waals surface area contributed by atoms with Gasteiger partial charge in [0.05, 0.1) is 5.92 Å². The quantitative estimate of drug-likeness (QED) is 0.851. The average Bonchev–Trinajstić information content (AvgIpc) is 2.25. The van der Waals surface area contributed by atoms with Crippen LogP contribution >= 0.6 is 12.4 Å². The van der Waals surface area contributed by atoms with Gasteiger partial charge in [0.1, 0.15) is 6.54 Å². The van der Waals surface area contributed by atoms with E-state index in [1.807, 2.05) is 0 Å². The number of hydrogen-bond acceptors (Lipinski definition) is 2. The second-order valence-corrected chi connectivity index (χ2v) is 4.01. The van der Waals surface area contributed by atoms with Crippen molar-refractivity contribution in [1.29, 1.82) is 0 Å². The molecule has 1 fully saturated rings. The molecule has 0 aromatic rings. The Bertz CT molecular complexity index is 242. The van der Waals surface area contributed by atoms with Gasteiger partial charge in [0, 0.05) is 13.1 Å². The van der Waals surface area contributed by atoms with Gasteiger partial charge >= 0.3 is 6.18 Å². The Labute approximate surface area is 105 Å². The summed E-state index contributed by atoms with van der Waals surface area (Å²) < 4.78 is 36.6. The lowest BCUT2D eigenvalue weighted by Crippen LogP contribution is -2.46. The fraction of sp³-hybridized carbons (Fsp3) is 0.900. The summed E-state index contributed by atoms with van der Waals surface area (Å²) in [4.78, 5) is 12.7. The molecule has 0 aromatic carbocycles. The van der Waals surface area contributed by atoms with Gasteiger partial charge in [-0.25, -0.2) is 0 Å². The van der Waals surface area contributed by atoms with Crippen LogP contribution in [0.5, 0.6) is 0 Å². The first-order valence-corrected chi connectivity index (χ1v) is 5.50. The van der Waals surface area contributed by atoms with Gasteiger partial charge in [-0.1, -0.05) is 0 Å². The lowest BCUT2D eigenvalue weighted by atomic mass is 9.98. The number of rotatable bonds is 3. The van der Waals surface area contributed by atoms with Crippen molar-refractivity contribution in [3.8, 4) is 0 Å². The molecule has 1 atom stereocenters. The first kappa shape index (κ1) is 16.5. The van der Waals surface area contributed by atoms with Crippen molar-refractivity contribution in [3.05, 3.63) is 0 Å². The minimum absolute atomic E-state index is 0. The second kappa shape index (κ2) is 7.06. The molecule has 1 saturated heterocycles. The first-order chi connectivity index (χ1) is 7.44. The zero-order valence-corrected chi connectivity index (χ0v) is 10.5. The molecule has 0 aromatic heterocycles. The molecule has 1 amide bonds. The number of piperidine rings is 1. The summed E-state index contributed by atoms with van der Waals surface area (Å²) in [5.41, 5.74) is 0. The van der Waals surface area contributed by atoms with Gasteiger partial charge in [-0.3, -0.25) is 4.79 Å². The van der Waals surface area contributed by atoms with E-state index < -0.39 is 12.7 Å². The molecule has 1 rings (SSSR count). The molecule has 0 bridgehead atoms. The van der Waals surface area contributed by atoms with E-state index in [-0.39, 0.29) is 30.8 Å². The van der Waals surface area contributed by atoms with Crippen LogP contribution in [-0.2, 0) is 4.79 Å². The average molecular weight is 275 g/mol. The van der Waals surface area contributed by atoms with Gasteiger partial charge < -0.3 is 10.2 Å². The molecule has 1 aliphatic heterocycles. The number of halogens is 4. The Hall–Kier alpha value is -0.490. The Balaban J connectivity index is 0.00000256. The Morgan fingerprint density at radius 2 is 2.12 bits per heavy atom. The number of carbonyl (C=O) groups is 1. The zero-order chi connectivity index (χ0) is 12.2. The summed E-state index contributed by atoms with van der Waals surface area (Å²) in [6, 6.07) is 0. The van der Waals surface area contributed by atoms with Crippen molar-refractivity contribution >= 4 is 18.3 Å². The highest BCUT2D eigenvalue weighted by molar-refractivity contribution is 5.85. The van der Waals surface area contributed by atoms with Crippen molar-refractivity contribution in [2.75, 3.05) is 26.2 Å². The number of nitrogens with zero attached hydrogens (tertiary/aromatic N) is 1. The van der Waals surface area contributed by atoms with Crippen molar-refractivity contribution in [2.24, 2.45) is 5.92 Å². The van der Waals surface area contributed by atoms with Crippen LogP contribution in [0.4, 0.5) is 13.2 Å². The summed E-state index contributed by atoms with van der Waals surface area (Å²) in [6.45, 7) is 1.87. The molecule has 7 heteroatoms. The van der Waals surface area contributed by atoms with Crippen LogP contribution in [0.15, 0.2) is 0 Å². The van der Waals surface area contributed by atoms with Gasteiger partial charge in [0.2, 0.25) is 5.91 Å². The van der Waals surface area contributed by atoms with Crippen LogP contribution in [0.2, 0.25) is 0 Å². The van der Waals surface area contributed by atoms with Gasteiger partial charge in [0.25, 0.3) is 0 Å². The number of carbonyl (C=O) groups excluding carboxylic acids is 1. The molecule has 0 saturated carbocycles. The van der Waals surface area contributed by atoms with Gasteiger partial charge in [-0.2, -0.15) is 13.2 Å². The first-order valence-electron chi connectivity index (χ1n) is 5.50. The van der Waals surface area contributed by atoms with E-state index in [0.29, 0.717) is 13.0 Å². The van der Waals surface area contributed by atoms with E-state index >= 15 is 0 Å². The molecule has 1 heterocycles. The minimum Gasteiger partial charge on any atom is -0.334 e. The molecular weight excluding hydrogens is 257 g/mol. The maximum atomic E-state index is 12.2. The van der Waals surface area contributed by atoms with E-state index in [1.54, 1.807) is 6.92 Å². The molecule has 1 aliphatic rings. The Kier molecular flexibility index (Phi) is 6.85. The monoisotopic (exact) mass is 274 g/mol. The third kappa shape index (κ3) is 5.59. The van der Waals surface area contributed by atoms with Crippen LogP contribution in [0.3, 0.4) is 0 Å². The summed E-state index contributed by atoms with van der Waals surface area (Å²) in [5.74, 6) is -0.678. The van der Waals surface area contributed by atoms with Crippen molar-refractivity contribution in [3.63, 3.8) is 0 Å². The fourth-order valence-corrected chi connectivity index (χ4v) is 1.88. The van der Waals surface area contributed by atoms with Crippen molar-refractivity contribution in [2.45, 2.75) is 25.9 Å². The van der Waals surface area contributed by atoms with Crippen LogP contribution in [0, 0.1) is 5.92 Å². The van der Waals surface area contributed by atoms with E-state index in [0.717, 1.165) is 17.9 Å². The normalized spacial score (nSPS) is 20.6. The summed E-state index contributed by atoms with van der Waals surface area (Å²) in [5, 5.41) is 3.03. The third-order valence-corrected chi connectivity index (χ3v) is 2.71. The molecule has 1 unspecified atom stereocenters. The van der Waals surface area contributed by atoms with Gasteiger partial charge in [-0.05, 0) is 26.3 Å². The minimum atomic E-state index is -4.31. The van der Waals surface area contributed by atoms with E-state index in [9.17, 15) is 18.0 Å². The highest BCUT2D eigenvalue weighted by Crippen LogP contribution is 2.19. The van der Waals surface area contributed by atoms with Gasteiger partial charge in [0.15, 0.2) is 0 Å². The molecule has 17 heavy (non-hydrogen) atoms. The smallest absolute Gasteiger partial charge is 0.334 e. The Morgan fingerprint density at radius 1 is 1.47 bits per heavy atom. The van der Waals surface area contributed by atoms with E-state index in [4.69, 9.17) is 0 Å². The number of nitrogens with one attached hydrogen (secondary N) is 1. The zero-order valence-electron chi connectivity index (χ0n) is 9.72. The summed E-state index contributed by atoms with van der Waals surface area (Å²) >= 11 is 0. The number of hydrogen-bond donors (Lipinski definition) is 1. The number of amides is 1. The Morgan fingerprint density at radius 3 is 2.53 bits per heavy atom. The predicted molar refractivity (Wildman–Crippen MR) is 61.2 cm³/mol. The SMILES string of the molecule is CCN(CC(F)(F)F)C(=O)C1CCCNC1.Cl. The van der Waals surface area contributed by atoms with Crippen molar-refractivity contribution in [1.82, 2.24) is 10.2 Å². The molecule has 0 radical (unpaired) electrons. The van der Waals surface area contributed by atoms with E-state index in [1.165, 1.54) is 0 Å². The van der Waals surface area contributed by atoms with Gasteiger partial charge in [-0.15, -0.1) is 12.4 Å². The topological polar surface area (TPSA) is 32.3 Å². The van der Waals surface area contributed by atoms with Crippen LogP contribution in [0.25, 0.3) is 0 Å². The highest BCUT2D eigenvalue weighted by Gasteiger charge is 2.34. The second-order valence-electron chi connectivity index (χ2n) is 4.01.